The summed E-state index contributed by atoms with van der Waals surface area (Å²) in [4.78, 5) is 2.30. The molecule has 0 bridgehead atoms. The Balaban J connectivity index is 2.03. The van der Waals surface area contributed by atoms with Gasteiger partial charge in [0.1, 0.15) is 0 Å². The monoisotopic (exact) mass is 217 g/mol. The van der Waals surface area contributed by atoms with Crippen molar-refractivity contribution in [2.24, 2.45) is 0 Å². The van der Waals surface area contributed by atoms with Crippen molar-refractivity contribution in [3.8, 4) is 0 Å². The van der Waals surface area contributed by atoms with Gasteiger partial charge in [-0.25, -0.2) is 0 Å². The molecule has 3 rings (SSSR count). The van der Waals surface area contributed by atoms with E-state index < -0.39 is 0 Å². The van der Waals surface area contributed by atoms with Crippen LogP contribution in [0.2, 0.25) is 0 Å². The molecule has 0 aliphatic carbocycles. The Morgan fingerprint density at radius 3 is 2.81 bits per heavy atom. The van der Waals surface area contributed by atoms with Crippen molar-refractivity contribution in [3.63, 3.8) is 0 Å². The van der Waals surface area contributed by atoms with E-state index in [9.17, 15) is 0 Å². The molecule has 1 aliphatic heterocycles. The van der Waals surface area contributed by atoms with Gasteiger partial charge in [0.15, 0.2) is 11.4 Å². The summed E-state index contributed by atoms with van der Waals surface area (Å²) in [6.45, 7) is 2.15. The fourth-order valence-electron chi connectivity index (χ4n) is 2.27. The van der Waals surface area contributed by atoms with E-state index in [-0.39, 0.29) is 0 Å². The van der Waals surface area contributed by atoms with Crippen molar-refractivity contribution in [1.29, 1.82) is 0 Å². The van der Waals surface area contributed by atoms with E-state index in [1.807, 2.05) is 18.2 Å². The first-order valence-electron chi connectivity index (χ1n) is 5.74. The first-order chi connectivity index (χ1) is 7.84. The van der Waals surface area contributed by atoms with Crippen LogP contribution in [0.15, 0.2) is 22.7 Å². The molecule has 2 heterocycles. The van der Waals surface area contributed by atoms with E-state index >= 15 is 0 Å². The highest BCUT2D eigenvalue weighted by atomic mass is 16.5. The molecule has 0 radical (unpaired) electrons. The Labute approximate surface area is 94.0 Å². The molecule has 4 nitrogen and oxygen atoms in total. The number of fused-ring (bicyclic) bond motifs is 1. The van der Waals surface area contributed by atoms with Crippen LogP contribution in [0.1, 0.15) is 19.3 Å². The van der Waals surface area contributed by atoms with Crippen LogP contribution < -0.4 is 10.6 Å². The highest BCUT2D eigenvalue weighted by Crippen LogP contribution is 2.29. The van der Waals surface area contributed by atoms with Crippen LogP contribution in [-0.2, 0) is 0 Å². The van der Waals surface area contributed by atoms with Gasteiger partial charge in [-0.1, -0.05) is 5.16 Å². The third-order valence-electron chi connectivity index (χ3n) is 3.13. The predicted molar refractivity (Wildman–Crippen MR) is 64.5 cm³/mol. The molecule has 1 saturated heterocycles. The zero-order valence-corrected chi connectivity index (χ0v) is 9.15. The van der Waals surface area contributed by atoms with Gasteiger partial charge < -0.3 is 15.2 Å². The zero-order valence-electron chi connectivity index (χ0n) is 9.15. The molecule has 0 spiro atoms. The van der Waals surface area contributed by atoms with Crippen LogP contribution in [0, 0.1) is 0 Å². The predicted octanol–water partition coefficient (Wildman–Crippen LogP) is 2.40. The fourth-order valence-corrected chi connectivity index (χ4v) is 2.27. The lowest BCUT2D eigenvalue weighted by molar-refractivity contribution is 0.450. The maximum absolute atomic E-state index is 5.71. The van der Waals surface area contributed by atoms with Crippen molar-refractivity contribution in [1.82, 2.24) is 5.16 Å². The highest BCUT2D eigenvalue weighted by Gasteiger charge is 2.17. The number of nitrogens with two attached hydrogens (primary N) is 1. The topological polar surface area (TPSA) is 55.3 Å². The minimum absolute atomic E-state index is 0.717. The van der Waals surface area contributed by atoms with Crippen LogP contribution in [-0.4, -0.2) is 18.2 Å². The summed E-state index contributed by atoms with van der Waals surface area (Å²) < 4.78 is 5.31. The Morgan fingerprint density at radius 2 is 2.00 bits per heavy atom. The number of aromatic nitrogens is 1. The number of nitrogens with zero attached hydrogens (tertiary/aromatic N) is 2. The molecule has 1 aromatic heterocycles. The quantitative estimate of drug-likeness (QED) is 0.745. The molecule has 84 valence electrons. The molecular weight excluding hydrogens is 202 g/mol. The molecule has 2 aromatic rings. The largest absolute Gasteiger partial charge is 0.399 e. The van der Waals surface area contributed by atoms with E-state index in [0.717, 1.165) is 29.9 Å². The second-order valence-corrected chi connectivity index (χ2v) is 4.31. The number of hydrogen-bond donors (Lipinski definition) is 1. The number of anilines is 2. The molecule has 4 heteroatoms. The van der Waals surface area contributed by atoms with Crippen LogP contribution in [0.4, 0.5) is 11.5 Å². The van der Waals surface area contributed by atoms with Crippen molar-refractivity contribution >= 4 is 22.5 Å². The fraction of sp³-hybridized carbons (Fsp3) is 0.417. The summed E-state index contributed by atoms with van der Waals surface area (Å²) >= 11 is 0. The van der Waals surface area contributed by atoms with Crippen LogP contribution in [0.3, 0.4) is 0 Å². The first kappa shape index (κ1) is 9.51. The van der Waals surface area contributed by atoms with E-state index in [0.29, 0.717) is 5.69 Å². The van der Waals surface area contributed by atoms with E-state index in [1.54, 1.807) is 0 Å². The number of nitrogen functional groups attached to an aromatic ring is 1. The van der Waals surface area contributed by atoms with Gasteiger partial charge in [0.05, 0.1) is 5.39 Å². The normalized spacial score (nSPS) is 16.9. The van der Waals surface area contributed by atoms with Crippen molar-refractivity contribution in [2.45, 2.75) is 19.3 Å². The van der Waals surface area contributed by atoms with Crippen molar-refractivity contribution < 1.29 is 4.52 Å². The Hall–Kier alpha value is -1.71. The third-order valence-corrected chi connectivity index (χ3v) is 3.13. The van der Waals surface area contributed by atoms with Crippen molar-refractivity contribution in [3.05, 3.63) is 18.2 Å². The SMILES string of the molecule is Nc1ccc2c(N3CCCCC3)noc2c1. The van der Waals surface area contributed by atoms with Gasteiger partial charge in [0.25, 0.3) is 0 Å². The summed E-state index contributed by atoms with van der Waals surface area (Å²) in [5.41, 5.74) is 7.21. The van der Waals surface area contributed by atoms with Gasteiger partial charge in [0, 0.05) is 24.8 Å². The molecule has 1 aliphatic rings. The van der Waals surface area contributed by atoms with Gasteiger partial charge in [0.2, 0.25) is 0 Å². The van der Waals surface area contributed by atoms with Crippen LogP contribution in [0.25, 0.3) is 11.0 Å². The Bertz CT molecular complexity index is 500. The van der Waals surface area contributed by atoms with E-state index in [1.165, 1.54) is 19.3 Å². The van der Waals surface area contributed by atoms with Gasteiger partial charge in [-0.15, -0.1) is 0 Å². The summed E-state index contributed by atoms with van der Waals surface area (Å²) in [7, 11) is 0. The lowest BCUT2D eigenvalue weighted by Crippen LogP contribution is -2.29. The molecule has 0 atom stereocenters. The lowest BCUT2D eigenvalue weighted by Gasteiger charge is -2.26. The second kappa shape index (κ2) is 3.70. The second-order valence-electron chi connectivity index (χ2n) is 4.31. The van der Waals surface area contributed by atoms with Gasteiger partial charge in [-0.3, -0.25) is 0 Å². The summed E-state index contributed by atoms with van der Waals surface area (Å²) in [5.74, 6) is 0.967. The third kappa shape index (κ3) is 1.50. The maximum atomic E-state index is 5.71. The zero-order chi connectivity index (χ0) is 11.0. The Kier molecular flexibility index (Phi) is 2.20. The van der Waals surface area contributed by atoms with Gasteiger partial charge in [-0.05, 0) is 31.4 Å². The average molecular weight is 217 g/mol. The molecule has 16 heavy (non-hydrogen) atoms. The van der Waals surface area contributed by atoms with E-state index in [2.05, 4.69) is 10.1 Å². The molecule has 0 unspecified atom stereocenters. The molecule has 1 fully saturated rings. The first-order valence-corrected chi connectivity index (χ1v) is 5.74. The van der Waals surface area contributed by atoms with Gasteiger partial charge >= 0.3 is 0 Å². The minimum Gasteiger partial charge on any atom is -0.399 e. The van der Waals surface area contributed by atoms with Crippen molar-refractivity contribution in [2.75, 3.05) is 23.7 Å². The van der Waals surface area contributed by atoms with E-state index in [4.69, 9.17) is 10.3 Å². The summed E-state index contributed by atoms with van der Waals surface area (Å²) in [5, 5.41) is 5.22. The highest BCUT2D eigenvalue weighted by molar-refractivity contribution is 5.90. The van der Waals surface area contributed by atoms with Gasteiger partial charge in [-0.2, -0.15) is 0 Å². The maximum Gasteiger partial charge on any atom is 0.179 e. The van der Waals surface area contributed by atoms with Crippen LogP contribution >= 0.6 is 0 Å². The molecule has 0 saturated carbocycles. The minimum atomic E-state index is 0.717. The Morgan fingerprint density at radius 1 is 1.19 bits per heavy atom. The number of rotatable bonds is 1. The summed E-state index contributed by atoms with van der Waals surface area (Å²) in [6.07, 6.45) is 3.80. The lowest BCUT2D eigenvalue weighted by atomic mass is 10.1. The number of hydrogen-bond acceptors (Lipinski definition) is 4. The summed E-state index contributed by atoms with van der Waals surface area (Å²) in [6, 6.07) is 5.72. The number of benzene rings is 1. The molecule has 0 amide bonds. The molecule has 2 N–H and O–H groups in total. The smallest absolute Gasteiger partial charge is 0.179 e. The average Bonchev–Trinajstić information content (AvgIpc) is 2.73. The standard InChI is InChI=1S/C12H15N3O/c13-9-4-5-10-11(8-9)16-14-12(10)15-6-2-1-3-7-15/h4-5,8H,1-3,6-7,13H2. The number of piperidine rings is 1. The molecule has 1 aromatic carbocycles. The van der Waals surface area contributed by atoms with Crippen LogP contribution in [0.5, 0.6) is 0 Å². The molecular formula is C12H15N3O.